The van der Waals surface area contributed by atoms with Crippen molar-refractivity contribution in [3.63, 3.8) is 0 Å². The minimum atomic E-state index is -0.550. The summed E-state index contributed by atoms with van der Waals surface area (Å²) in [7, 11) is 1.68. The zero-order valence-electron chi connectivity index (χ0n) is 14.0. The standard InChI is InChI=1S/C18H20N4O3/c1-23-18(8-12-24-13-9-18)17-20-16(25-21-17)15(22-11-5-10-19-22)14-6-3-2-4-7-14/h2-7,10-11,15H,8-9,12-13H2,1H3. The van der Waals surface area contributed by atoms with Gasteiger partial charge >= 0.3 is 0 Å². The van der Waals surface area contributed by atoms with Crippen molar-refractivity contribution < 1.29 is 14.0 Å². The number of methoxy groups -OCH3 is 1. The van der Waals surface area contributed by atoms with Gasteiger partial charge in [-0.15, -0.1) is 0 Å². The first kappa shape index (κ1) is 16.0. The third kappa shape index (κ3) is 2.96. The van der Waals surface area contributed by atoms with Gasteiger partial charge in [0.25, 0.3) is 5.89 Å². The van der Waals surface area contributed by atoms with Crippen LogP contribution in [0.25, 0.3) is 0 Å². The quantitative estimate of drug-likeness (QED) is 0.710. The first-order valence-electron chi connectivity index (χ1n) is 8.33. The average Bonchev–Trinajstić information content (AvgIpc) is 3.37. The summed E-state index contributed by atoms with van der Waals surface area (Å²) in [6, 6.07) is 11.6. The predicted octanol–water partition coefficient (Wildman–Crippen LogP) is 2.56. The zero-order valence-corrected chi connectivity index (χ0v) is 14.0. The van der Waals surface area contributed by atoms with E-state index in [0.29, 0.717) is 37.8 Å². The SMILES string of the molecule is COC1(c2noc(C(c3ccccc3)n3cccn3)n2)CCOCC1. The molecular weight excluding hydrogens is 320 g/mol. The molecule has 1 aliphatic heterocycles. The fraction of sp³-hybridized carbons (Fsp3) is 0.389. The van der Waals surface area contributed by atoms with E-state index >= 15 is 0 Å². The van der Waals surface area contributed by atoms with Crippen molar-refractivity contribution in [2.24, 2.45) is 0 Å². The number of hydrogen-bond acceptors (Lipinski definition) is 6. The summed E-state index contributed by atoms with van der Waals surface area (Å²) in [5.74, 6) is 1.06. The van der Waals surface area contributed by atoms with E-state index in [1.165, 1.54) is 0 Å². The van der Waals surface area contributed by atoms with E-state index in [4.69, 9.17) is 19.0 Å². The highest BCUT2D eigenvalue weighted by Gasteiger charge is 2.40. The van der Waals surface area contributed by atoms with Crippen LogP contribution in [0.4, 0.5) is 0 Å². The van der Waals surface area contributed by atoms with Crippen LogP contribution in [0.2, 0.25) is 0 Å². The molecule has 0 saturated carbocycles. The summed E-state index contributed by atoms with van der Waals surface area (Å²) in [5, 5.41) is 8.60. The minimum Gasteiger partial charge on any atom is -0.381 e. The van der Waals surface area contributed by atoms with Crippen molar-refractivity contribution >= 4 is 0 Å². The maximum Gasteiger partial charge on any atom is 0.256 e. The van der Waals surface area contributed by atoms with Gasteiger partial charge in [-0.2, -0.15) is 10.1 Å². The molecule has 1 unspecified atom stereocenters. The second-order valence-electron chi connectivity index (χ2n) is 6.07. The van der Waals surface area contributed by atoms with Gasteiger partial charge in [0.2, 0.25) is 5.82 Å². The Labute approximate surface area is 145 Å². The lowest BCUT2D eigenvalue weighted by Gasteiger charge is -2.32. The highest BCUT2D eigenvalue weighted by molar-refractivity contribution is 5.25. The van der Waals surface area contributed by atoms with Crippen LogP contribution in [0.3, 0.4) is 0 Å². The van der Waals surface area contributed by atoms with E-state index in [1.54, 1.807) is 13.3 Å². The van der Waals surface area contributed by atoms with Crippen LogP contribution in [-0.4, -0.2) is 40.2 Å². The van der Waals surface area contributed by atoms with E-state index in [1.807, 2.05) is 47.3 Å². The number of ether oxygens (including phenoxy) is 2. The highest BCUT2D eigenvalue weighted by atomic mass is 16.5. The van der Waals surface area contributed by atoms with Gasteiger partial charge in [0, 0.05) is 45.6 Å². The van der Waals surface area contributed by atoms with Crippen LogP contribution in [0.1, 0.15) is 36.2 Å². The van der Waals surface area contributed by atoms with Crippen LogP contribution in [0, 0.1) is 0 Å². The van der Waals surface area contributed by atoms with Crippen molar-refractivity contribution in [1.82, 2.24) is 19.9 Å². The van der Waals surface area contributed by atoms with Gasteiger partial charge in [-0.1, -0.05) is 35.5 Å². The van der Waals surface area contributed by atoms with Gasteiger partial charge in [-0.3, -0.25) is 4.68 Å². The third-order valence-corrected chi connectivity index (χ3v) is 4.68. The highest BCUT2D eigenvalue weighted by Crippen LogP contribution is 2.35. The molecule has 4 rings (SSSR count). The number of aromatic nitrogens is 4. The number of benzene rings is 1. The third-order valence-electron chi connectivity index (χ3n) is 4.68. The second kappa shape index (κ2) is 6.78. The molecule has 25 heavy (non-hydrogen) atoms. The van der Waals surface area contributed by atoms with E-state index in [2.05, 4.69) is 10.3 Å². The van der Waals surface area contributed by atoms with Crippen LogP contribution < -0.4 is 0 Å². The molecule has 1 atom stereocenters. The molecular formula is C18H20N4O3. The lowest BCUT2D eigenvalue weighted by molar-refractivity contribution is -0.101. The maximum absolute atomic E-state index is 5.77. The van der Waals surface area contributed by atoms with Gasteiger partial charge < -0.3 is 14.0 Å². The van der Waals surface area contributed by atoms with Crippen molar-refractivity contribution in [1.29, 1.82) is 0 Å². The van der Waals surface area contributed by atoms with Gasteiger partial charge in [0.1, 0.15) is 5.60 Å². The minimum absolute atomic E-state index is 0.272. The molecule has 0 bridgehead atoms. The number of rotatable bonds is 5. The fourth-order valence-electron chi connectivity index (χ4n) is 3.23. The van der Waals surface area contributed by atoms with Crippen LogP contribution in [-0.2, 0) is 15.1 Å². The van der Waals surface area contributed by atoms with Gasteiger partial charge in [0.05, 0.1) is 0 Å². The Morgan fingerprint density at radius 3 is 2.64 bits per heavy atom. The first-order chi connectivity index (χ1) is 12.3. The summed E-state index contributed by atoms with van der Waals surface area (Å²) in [6.45, 7) is 1.25. The Hall–Kier alpha value is -2.51. The second-order valence-corrected chi connectivity index (χ2v) is 6.07. The maximum atomic E-state index is 5.77. The average molecular weight is 340 g/mol. The molecule has 0 N–H and O–H groups in total. The molecule has 0 radical (unpaired) electrons. The molecule has 0 amide bonds. The topological polar surface area (TPSA) is 75.2 Å². The molecule has 0 spiro atoms. The zero-order chi connectivity index (χ0) is 17.1. The molecule has 7 nitrogen and oxygen atoms in total. The Bertz CT molecular complexity index is 795. The largest absolute Gasteiger partial charge is 0.381 e. The molecule has 130 valence electrons. The van der Waals surface area contributed by atoms with E-state index < -0.39 is 5.60 Å². The molecule has 1 fully saturated rings. The van der Waals surface area contributed by atoms with Crippen molar-refractivity contribution in [2.75, 3.05) is 20.3 Å². The Morgan fingerprint density at radius 2 is 1.96 bits per heavy atom. The first-order valence-corrected chi connectivity index (χ1v) is 8.33. The lowest BCUT2D eigenvalue weighted by atomic mass is 9.93. The van der Waals surface area contributed by atoms with E-state index in [0.717, 1.165) is 5.56 Å². The smallest absolute Gasteiger partial charge is 0.256 e. The fourth-order valence-corrected chi connectivity index (χ4v) is 3.23. The molecule has 3 heterocycles. The monoisotopic (exact) mass is 340 g/mol. The summed E-state index contributed by atoms with van der Waals surface area (Å²) < 4.78 is 18.7. The van der Waals surface area contributed by atoms with Gasteiger partial charge in [0.15, 0.2) is 6.04 Å². The van der Waals surface area contributed by atoms with Crippen LogP contribution in [0.15, 0.2) is 53.3 Å². The lowest BCUT2D eigenvalue weighted by Crippen LogP contribution is -2.36. The Morgan fingerprint density at radius 1 is 1.16 bits per heavy atom. The van der Waals surface area contributed by atoms with E-state index in [-0.39, 0.29) is 6.04 Å². The molecule has 3 aromatic rings. The predicted molar refractivity (Wildman–Crippen MR) is 88.9 cm³/mol. The molecule has 1 aromatic carbocycles. The Balaban J connectivity index is 1.73. The summed E-state index contributed by atoms with van der Waals surface area (Å²) in [5.41, 5.74) is 0.477. The molecule has 1 aliphatic rings. The van der Waals surface area contributed by atoms with Crippen LogP contribution >= 0.6 is 0 Å². The molecule has 7 heteroatoms. The molecule has 1 saturated heterocycles. The van der Waals surface area contributed by atoms with Crippen molar-refractivity contribution in [3.05, 3.63) is 66.1 Å². The molecule has 0 aliphatic carbocycles. The van der Waals surface area contributed by atoms with Crippen molar-refractivity contribution in [3.8, 4) is 0 Å². The van der Waals surface area contributed by atoms with Gasteiger partial charge in [-0.25, -0.2) is 0 Å². The normalized spacial score (nSPS) is 18.1. The summed E-state index contributed by atoms with van der Waals surface area (Å²) in [6.07, 6.45) is 5.05. The summed E-state index contributed by atoms with van der Waals surface area (Å²) in [4.78, 5) is 4.69. The van der Waals surface area contributed by atoms with E-state index in [9.17, 15) is 0 Å². The van der Waals surface area contributed by atoms with Crippen LogP contribution in [0.5, 0.6) is 0 Å². The summed E-state index contributed by atoms with van der Waals surface area (Å²) >= 11 is 0. The number of nitrogens with zero attached hydrogens (tertiary/aromatic N) is 4. The molecule has 2 aromatic heterocycles. The Kier molecular flexibility index (Phi) is 4.33. The number of hydrogen-bond donors (Lipinski definition) is 0. The van der Waals surface area contributed by atoms with Crippen molar-refractivity contribution in [2.45, 2.75) is 24.5 Å². The van der Waals surface area contributed by atoms with Gasteiger partial charge in [-0.05, 0) is 11.6 Å².